The molecule has 16 atom stereocenters. The Balaban J connectivity index is 0.000000211. The Kier molecular flexibility index (Phi) is 21.0. The van der Waals surface area contributed by atoms with Gasteiger partial charge in [0.1, 0.15) is 78.1 Å². The predicted octanol–water partition coefficient (Wildman–Crippen LogP) is -0.347. The highest BCUT2D eigenvalue weighted by molar-refractivity contribution is 7.46. The van der Waals surface area contributed by atoms with E-state index in [4.69, 9.17) is 62.4 Å². The summed E-state index contributed by atoms with van der Waals surface area (Å²) in [4.78, 5) is 97.1. The molecule has 11 heterocycles. The van der Waals surface area contributed by atoms with E-state index in [-0.39, 0.29) is 42.0 Å². The van der Waals surface area contributed by atoms with Crippen molar-refractivity contribution in [3.63, 3.8) is 0 Å². The zero-order chi connectivity index (χ0) is 63.1. The number of methoxy groups -OCH3 is 2. The Bertz CT molecular complexity index is 4150. The minimum absolute atomic E-state index is 0. The van der Waals surface area contributed by atoms with Crippen LogP contribution in [-0.4, -0.2) is 170 Å². The maximum absolute atomic E-state index is 12.9. The van der Waals surface area contributed by atoms with Gasteiger partial charge in [-0.2, -0.15) is 0 Å². The van der Waals surface area contributed by atoms with Crippen LogP contribution in [0.5, 0.6) is 0 Å². The van der Waals surface area contributed by atoms with Gasteiger partial charge in [0.25, 0.3) is 26.8 Å². The number of nitrogen functional groups attached to an aromatic ring is 2. The van der Waals surface area contributed by atoms with E-state index in [1.165, 1.54) is 73.1 Å². The summed E-state index contributed by atoms with van der Waals surface area (Å²) >= 11 is 0. The van der Waals surface area contributed by atoms with Crippen molar-refractivity contribution >= 4 is 49.3 Å². The van der Waals surface area contributed by atoms with Crippen LogP contribution < -0.4 is 56.1 Å². The van der Waals surface area contributed by atoms with Crippen molar-refractivity contribution in [1.82, 2.24) is 60.5 Å². The Labute approximate surface area is 511 Å². The highest BCUT2D eigenvalue weighted by Gasteiger charge is 2.49. The molecule has 4 fully saturated rings. The van der Waals surface area contributed by atoms with Gasteiger partial charge in [0.05, 0.1) is 80.1 Å². The lowest BCUT2D eigenvalue weighted by Gasteiger charge is -2.29. The number of pyridine rings is 2. The topological polar surface area (TPSA) is 563 Å². The van der Waals surface area contributed by atoms with E-state index < -0.39 is 151 Å². The summed E-state index contributed by atoms with van der Waals surface area (Å²) < 4.78 is 90.9. The van der Waals surface area contributed by atoms with E-state index in [9.17, 15) is 58.5 Å². The molecule has 4 aliphatic rings. The van der Waals surface area contributed by atoms with Crippen LogP contribution in [0.1, 0.15) is 37.8 Å². The van der Waals surface area contributed by atoms with Gasteiger partial charge in [0.2, 0.25) is 0 Å². The highest BCUT2D eigenvalue weighted by Crippen LogP contribution is 2.48. The van der Waals surface area contributed by atoms with E-state index in [0.717, 1.165) is 9.13 Å². The summed E-state index contributed by atoms with van der Waals surface area (Å²) in [5.74, 6) is 0.192. The Morgan fingerprint density at radius 3 is 1.49 bits per heavy atom. The number of furan rings is 1. The fourth-order valence-corrected chi connectivity index (χ4v) is 12.7. The van der Waals surface area contributed by atoms with Crippen LogP contribution >= 0.6 is 15.6 Å². The quantitative estimate of drug-likeness (QED) is 0.0436. The van der Waals surface area contributed by atoms with Crippen LogP contribution in [0, 0.1) is 0 Å². The van der Waals surface area contributed by atoms with Crippen molar-refractivity contribution in [3.8, 4) is 22.5 Å². The first kappa shape index (κ1) is 67.8. The van der Waals surface area contributed by atoms with E-state index >= 15 is 0 Å². The van der Waals surface area contributed by atoms with Crippen LogP contribution in [0.3, 0.4) is 0 Å². The summed E-state index contributed by atoms with van der Waals surface area (Å²) in [5, 5.41) is 41.4. The van der Waals surface area contributed by atoms with E-state index in [1.807, 2.05) is 0 Å². The number of H-pyrrole nitrogens is 2. The molecule has 0 bridgehead atoms. The second-order valence-electron chi connectivity index (χ2n) is 20.6. The molecule has 0 saturated carbocycles. The number of nitrogens with zero attached hydrogens (tertiary/aromatic N) is 8. The van der Waals surface area contributed by atoms with Gasteiger partial charge in [-0.3, -0.25) is 47.0 Å². The second kappa shape index (κ2) is 28.1. The molecule has 6 unspecified atom stereocenters. The molecule has 37 nitrogen and oxygen atoms in total. The van der Waals surface area contributed by atoms with Crippen LogP contribution in [0.15, 0.2) is 122 Å². The van der Waals surface area contributed by atoms with Crippen molar-refractivity contribution in [2.45, 2.75) is 98.8 Å². The van der Waals surface area contributed by atoms with E-state index in [1.54, 1.807) is 48.5 Å². The number of fused-ring (bicyclic) bond motifs is 2. The molecular weight excluding hydrogens is 1250 g/mol. The Morgan fingerprint density at radius 2 is 1.07 bits per heavy atom. The van der Waals surface area contributed by atoms with Crippen molar-refractivity contribution < 1.29 is 90.3 Å². The molecular formula is C52H66N14O23P2. The zero-order valence-corrected chi connectivity index (χ0v) is 50.5. The minimum atomic E-state index is -5.09. The molecule has 0 spiro atoms. The summed E-state index contributed by atoms with van der Waals surface area (Å²) in [7, 11) is -7.47. The third-order valence-corrected chi connectivity index (χ3v) is 17.2. The number of quaternary nitrogens is 2. The van der Waals surface area contributed by atoms with Crippen LogP contribution in [-0.2, 0) is 55.6 Å². The number of ether oxygens (including phenoxy) is 6. The minimum Gasteiger partial charge on any atom is -0.756 e. The smallest absolute Gasteiger partial charge is 0.330 e. The average Bonchev–Trinajstić information content (AvgIpc) is 1.73. The number of phosphoric acid groups is 2. The summed E-state index contributed by atoms with van der Waals surface area (Å²) in [6, 6.07) is 14.9. The monoisotopic (exact) mass is 1320 g/mol. The fraction of sp³-hybridized carbons (Fsp3) is 0.423. The molecule has 0 aliphatic carbocycles. The third-order valence-electron chi connectivity index (χ3n) is 15.2. The van der Waals surface area contributed by atoms with Gasteiger partial charge in [0, 0.05) is 51.8 Å². The largest absolute Gasteiger partial charge is 0.756 e. The number of phosphoric ester groups is 2. The normalized spacial score (nSPS) is 27.6. The number of aromatic nitrogens is 10. The number of aliphatic hydroxyl groups is 4. The first-order valence-electron chi connectivity index (χ1n) is 27.2. The molecule has 4 saturated heterocycles. The molecule has 4 aliphatic heterocycles. The SMILES string of the molecule is CO[C@H]1C(O)[C@@H](COP(=O)([O-])OC2C[C@H](n3cc(-c4ccccc4)c(=O)[nH]c3=O)O[C@@H]2CO)O[C@H]1n1cnc2c(N)ccnc21.CO[C@H]1C(O)[C@@H](COP(=O)([O-])OC2C[C@H](n3cc(-c4ccco4)c(=O)[nH]c3=O)O[C@@H]2CO)O[C@H]1n1cnc2c(N)ccnc21.[NH4+].[NH4+]. The molecule has 12 rings (SSSR count). The van der Waals surface area contributed by atoms with E-state index in [0.29, 0.717) is 39.3 Å². The zero-order valence-electron chi connectivity index (χ0n) is 48.7. The number of hydrogen-bond acceptors (Lipinski definition) is 29. The van der Waals surface area contributed by atoms with Gasteiger partial charge < -0.3 is 105 Å². The lowest BCUT2D eigenvalue weighted by atomic mass is 10.1. The molecule has 18 N–H and O–H groups in total. The van der Waals surface area contributed by atoms with Gasteiger partial charge in [-0.25, -0.2) is 29.5 Å². The molecule has 0 radical (unpaired) electrons. The molecule has 91 heavy (non-hydrogen) atoms. The Hall–Kier alpha value is -7.56. The maximum Gasteiger partial charge on any atom is 0.330 e. The highest BCUT2D eigenvalue weighted by atomic mass is 31.2. The van der Waals surface area contributed by atoms with Crippen LogP contribution in [0.2, 0.25) is 0 Å². The standard InChI is InChI=1S/C27H31N6O11P.C25H29N6O12P.2H3N/c1-40-23-22(35)19(43-26(23)33-13-30-21-16(28)7-8-29-24(21)33)12-41-45(38,39)44-17-9-20(42-18(17)11-34)32-10-15(25(36)31-27(32)37)14-5-3-2-4-6-14;1-38-21-20(33)17(42-24(21)31-11-28-19-13(26)4-5-27-22(19)31)10-40-44(36,37)43-15-7-18(41-16(15)9-32)30-8-12(14-3-2-6-39-14)23(34)29-25(30)35;;/h2-8,10,13,17-20,22-23,26,34-35H,9,11-12H2,1H3,(H2,28,29)(H,38,39)(H,31,36,37);2-6,8,11,15-18,20-21,24,32-33H,7,9-10H2,1H3,(H2,26,27)(H,36,37)(H,29,34,35);2*1H3/t17?,18-,19-,20-,22?,23+,26-;15?,16-,17-,18-,20?,21+,24-;;/m11../s1. The van der Waals surface area contributed by atoms with Crippen LogP contribution in [0.25, 0.3) is 44.8 Å². The molecule has 0 amide bonds. The first-order valence-corrected chi connectivity index (χ1v) is 30.1. The van der Waals surface area contributed by atoms with Gasteiger partial charge in [-0.1, -0.05) is 30.3 Å². The van der Waals surface area contributed by atoms with Crippen molar-refractivity contribution in [1.29, 1.82) is 0 Å². The van der Waals surface area contributed by atoms with Crippen LogP contribution in [0.4, 0.5) is 11.4 Å². The molecule has 1 aromatic carbocycles. The number of rotatable bonds is 20. The summed E-state index contributed by atoms with van der Waals surface area (Å²) in [6.45, 7) is -2.57. The first-order chi connectivity index (χ1) is 42.7. The number of imidazole rings is 2. The van der Waals surface area contributed by atoms with E-state index in [2.05, 4.69) is 29.9 Å². The number of nitrogens with two attached hydrogens (primary N) is 2. The van der Waals surface area contributed by atoms with Gasteiger partial charge in [-0.15, -0.1) is 0 Å². The number of hydrogen-bond donors (Lipinski definition) is 10. The molecule has 39 heteroatoms. The second-order valence-corrected chi connectivity index (χ2v) is 23.3. The number of aromatic amines is 2. The number of benzene rings is 1. The summed E-state index contributed by atoms with van der Waals surface area (Å²) in [6.07, 6.45) is -6.44. The third kappa shape index (κ3) is 14.0. The lowest BCUT2D eigenvalue weighted by Crippen LogP contribution is -2.35. The van der Waals surface area contributed by atoms with Crippen molar-refractivity contribution in [2.24, 2.45) is 0 Å². The Morgan fingerprint density at radius 1 is 0.615 bits per heavy atom. The van der Waals surface area contributed by atoms with Gasteiger partial charge in [0.15, 0.2) is 23.8 Å². The van der Waals surface area contributed by atoms with Gasteiger partial charge in [-0.05, 0) is 29.8 Å². The van der Waals surface area contributed by atoms with Crippen molar-refractivity contribution in [2.75, 3.05) is 52.1 Å². The fourth-order valence-electron chi connectivity index (χ4n) is 10.8. The van der Waals surface area contributed by atoms with Crippen molar-refractivity contribution in [3.05, 3.63) is 140 Å². The molecule has 492 valence electrons. The number of anilines is 2. The van der Waals surface area contributed by atoms with Gasteiger partial charge >= 0.3 is 11.4 Å². The summed E-state index contributed by atoms with van der Waals surface area (Å²) in [5.41, 5.74) is 12.1. The lowest BCUT2D eigenvalue weighted by molar-refractivity contribution is -0.235. The predicted molar refractivity (Wildman–Crippen MR) is 311 cm³/mol. The molecule has 7 aromatic heterocycles. The maximum atomic E-state index is 12.9. The molecule has 8 aromatic rings. The average molecular weight is 1320 g/mol. The number of aliphatic hydroxyl groups excluding tert-OH is 4. The number of nitrogens with one attached hydrogen (secondary N) is 2.